The molecular weight excluding hydrogens is 282 g/mol. The van der Waals surface area contributed by atoms with Crippen LogP contribution in [0, 0.1) is 0 Å². The van der Waals surface area contributed by atoms with Crippen molar-refractivity contribution in [3.05, 3.63) is 30.3 Å². The largest absolute Gasteiger partial charge is 0.496 e. The average Bonchev–Trinajstić information content (AvgIpc) is 2.45. The molecule has 0 radical (unpaired) electrons. The Bertz CT molecular complexity index is 689. The number of ether oxygens (including phenoxy) is 3. The van der Waals surface area contributed by atoms with E-state index in [1.54, 1.807) is 13.2 Å². The maximum absolute atomic E-state index is 12.1. The first kappa shape index (κ1) is 15.9. The summed E-state index contributed by atoms with van der Waals surface area (Å²) in [6, 6.07) is 9.25. The summed E-state index contributed by atoms with van der Waals surface area (Å²) in [5.74, 6) is 1.48. The van der Waals surface area contributed by atoms with Crippen molar-refractivity contribution in [2.75, 3.05) is 14.2 Å². The number of hydrogen-bond donors (Lipinski definition) is 1. The highest BCUT2D eigenvalue weighted by Crippen LogP contribution is 2.41. The maximum Gasteiger partial charge on any atom is 0.413 e. The molecule has 0 saturated heterocycles. The molecule has 2 aromatic rings. The standard InChI is InChI=1S/C17H21NO4/c1-17(2,3)18-16(19)22-15-12-9-7-6-8-11(12)13(20-4)10-14(15)21-5/h6-10H,1-5H3,(H,18,19). The van der Waals surface area contributed by atoms with Crippen molar-refractivity contribution in [2.45, 2.75) is 26.3 Å². The quantitative estimate of drug-likeness (QED) is 0.938. The van der Waals surface area contributed by atoms with Gasteiger partial charge in [-0.2, -0.15) is 0 Å². The van der Waals surface area contributed by atoms with Crippen LogP contribution in [-0.2, 0) is 0 Å². The van der Waals surface area contributed by atoms with Gasteiger partial charge in [-0.1, -0.05) is 24.3 Å². The second kappa shape index (κ2) is 6.13. The van der Waals surface area contributed by atoms with E-state index < -0.39 is 6.09 Å². The Labute approximate surface area is 130 Å². The van der Waals surface area contributed by atoms with E-state index in [1.807, 2.05) is 45.0 Å². The molecule has 1 N–H and O–H groups in total. The third-order valence-electron chi connectivity index (χ3n) is 3.03. The number of hydrogen-bond acceptors (Lipinski definition) is 4. The van der Waals surface area contributed by atoms with E-state index in [0.29, 0.717) is 17.2 Å². The summed E-state index contributed by atoms with van der Waals surface area (Å²) in [6.07, 6.45) is -0.527. The second-order valence-electron chi connectivity index (χ2n) is 5.92. The smallest absolute Gasteiger partial charge is 0.413 e. The molecule has 2 rings (SSSR count). The molecule has 5 heteroatoms. The number of benzene rings is 2. The summed E-state index contributed by atoms with van der Waals surface area (Å²) in [7, 11) is 3.12. The molecule has 0 bridgehead atoms. The molecule has 1 amide bonds. The molecule has 0 heterocycles. The number of fused-ring (bicyclic) bond motifs is 1. The number of methoxy groups -OCH3 is 2. The van der Waals surface area contributed by atoms with Crippen LogP contribution in [-0.4, -0.2) is 25.9 Å². The highest BCUT2D eigenvalue weighted by atomic mass is 16.6. The van der Waals surface area contributed by atoms with Crippen LogP contribution in [0.4, 0.5) is 4.79 Å². The summed E-state index contributed by atoms with van der Waals surface area (Å²) < 4.78 is 16.2. The molecule has 0 saturated carbocycles. The Kier molecular flexibility index (Phi) is 4.45. The lowest BCUT2D eigenvalue weighted by Gasteiger charge is -2.21. The lowest BCUT2D eigenvalue weighted by atomic mass is 10.1. The van der Waals surface area contributed by atoms with Crippen LogP contribution in [0.3, 0.4) is 0 Å². The van der Waals surface area contributed by atoms with Crippen molar-refractivity contribution in [1.82, 2.24) is 5.32 Å². The minimum atomic E-state index is -0.527. The molecule has 0 spiro atoms. The molecule has 118 valence electrons. The summed E-state index contributed by atoms with van der Waals surface area (Å²) in [6.45, 7) is 5.66. The molecule has 22 heavy (non-hydrogen) atoms. The van der Waals surface area contributed by atoms with Crippen LogP contribution in [0.25, 0.3) is 10.8 Å². The van der Waals surface area contributed by atoms with Gasteiger partial charge in [0.25, 0.3) is 0 Å². The molecular formula is C17H21NO4. The van der Waals surface area contributed by atoms with Gasteiger partial charge in [-0.05, 0) is 20.8 Å². The summed E-state index contributed by atoms with van der Waals surface area (Å²) in [5, 5.41) is 4.37. The molecule has 0 atom stereocenters. The van der Waals surface area contributed by atoms with Crippen LogP contribution < -0.4 is 19.5 Å². The summed E-state index contributed by atoms with van der Waals surface area (Å²) in [5.41, 5.74) is -0.382. The molecule has 0 aliphatic carbocycles. The third-order valence-corrected chi connectivity index (χ3v) is 3.03. The zero-order valence-electron chi connectivity index (χ0n) is 13.5. The van der Waals surface area contributed by atoms with Gasteiger partial charge in [0.05, 0.1) is 14.2 Å². The fraction of sp³-hybridized carbons (Fsp3) is 0.353. The van der Waals surface area contributed by atoms with Gasteiger partial charge in [-0.3, -0.25) is 0 Å². The van der Waals surface area contributed by atoms with Gasteiger partial charge in [0.15, 0.2) is 11.5 Å². The first-order chi connectivity index (χ1) is 10.4. The normalized spacial score (nSPS) is 11.1. The van der Waals surface area contributed by atoms with E-state index in [4.69, 9.17) is 14.2 Å². The highest BCUT2D eigenvalue weighted by Gasteiger charge is 2.20. The Morgan fingerprint density at radius 1 is 1.00 bits per heavy atom. The Hall–Kier alpha value is -2.43. The predicted octanol–water partition coefficient (Wildman–Crippen LogP) is 3.74. The van der Waals surface area contributed by atoms with Gasteiger partial charge >= 0.3 is 6.09 Å². The zero-order valence-corrected chi connectivity index (χ0v) is 13.5. The van der Waals surface area contributed by atoms with Crippen molar-refractivity contribution in [3.8, 4) is 17.2 Å². The maximum atomic E-state index is 12.1. The van der Waals surface area contributed by atoms with Crippen molar-refractivity contribution in [3.63, 3.8) is 0 Å². The SMILES string of the molecule is COc1cc(OC)c2ccccc2c1OC(=O)NC(C)(C)C. The van der Waals surface area contributed by atoms with Crippen molar-refractivity contribution < 1.29 is 19.0 Å². The predicted molar refractivity (Wildman–Crippen MR) is 86.0 cm³/mol. The Morgan fingerprint density at radius 3 is 2.14 bits per heavy atom. The minimum Gasteiger partial charge on any atom is -0.496 e. The molecule has 0 aliphatic heterocycles. The van der Waals surface area contributed by atoms with Gasteiger partial charge in [0.2, 0.25) is 0 Å². The van der Waals surface area contributed by atoms with E-state index in [2.05, 4.69) is 5.32 Å². The van der Waals surface area contributed by atoms with Crippen molar-refractivity contribution in [1.29, 1.82) is 0 Å². The van der Waals surface area contributed by atoms with E-state index in [9.17, 15) is 4.79 Å². The fourth-order valence-electron chi connectivity index (χ4n) is 2.14. The monoisotopic (exact) mass is 303 g/mol. The van der Waals surface area contributed by atoms with Crippen LogP contribution in [0.15, 0.2) is 30.3 Å². The molecule has 0 fully saturated rings. The number of carbonyl (C=O) groups excluding carboxylic acids is 1. The minimum absolute atomic E-state index is 0.376. The van der Waals surface area contributed by atoms with Crippen LogP contribution in [0.5, 0.6) is 17.2 Å². The number of nitrogens with one attached hydrogen (secondary N) is 1. The summed E-state index contributed by atoms with van der Waals surface area (Å²) >= 11 is 0. The van der Waals surface area contributed by atoms with Gasteiger partial charge in [-0.15, -0.1) is 0 Å². The van der Waals surface area contributed by atoms with Crippen LogP contribution in [0.1, 0.15) is 20.8 Å². The Morgan fingerprint density at radius 2 is 1.59 bits per heavy atom. The molecule has 0 unspecified atom stereocenters. The number of rotatable bonds is 3. The fourth-order valence-corrected chi connectivity index (χ4v) is 2.14. The lowest BCUT2D eigenvalue weighted by Crippen LogP contribution is -2.42. The average molecular weight is 303 g/mol. The molecule has 2 aromatic carbocycles. The van der Waals surface area contributed by atoms with E-state index in [1.165, 1.54) is 7.11 Å². The zero-order chi connectivity index (χ0) is 16.3. The topological polar surface area (TPSA) is 56.8 Å². The van der Waals surface area contributed by atoms with Crippen LogP contribution >= 0.6 is 0 Å². The summed E-state index contributed by atoms with van der Waals surface area (Å²) in [4.78, 5) is 12.1. The van der Waals surface area contributed by atoms with Gasteiger partial charge in [-0.25, -0.2) is 4.79 Å². The van der Waals surface area contributed by atoms with E-state index in [0.717, 1.165) is 10.8 Å². The second-order valence-corrected chi connectivity index (χ2v) is 5.92. The lowest BCUT2D eigenvalue weighted by molar-refractivity contribution is 0.189. The third kappa shape index (κ3) is 3.42. The molecule has 5 nitrogen and oxygen atoms in total. The highest BCUT2D eigenvalue weighted by molar-refractivity contribution is 5.97. The van der Waals surface area contributed by atoms with Gasteiger partial charge in [0, 0.05) is 22.4 Å². The molecule has 0 aliphatic rings. The van der Waals surface area contributed by atoms with Crippen LogP contribution in [0.2, 0.25) is 0 Å². The first-order valence-corrected chi connectivity index (χ1v) is 6.99. The Balaban J connectivity index is 2.50. The van der Waals surface area contributed by atoms with E-state index in [-0.39, 0.29) is 5.54 Å². The first-order valence-electron chi connectivity index (χ1n) is 6.99. The number of amides is 1. The number of carbonyl (C=O) groups is 1. The van der Waals surface area contributed by atoms with E-state index >= 15 is 0 Å². The van der Waals surface area contributed by atoms with Crippen molar-refractivity contribution >= 4 is 16.9 Å². The van der Waals surface area contributed by atoms with Gasteiger partial charge < -0.3 is 19.5 Å². The van der Waals surface area contributed by atoms with Gasteiger partial charge in [0.1, 0.15) is 5.75 Å². The van der Waals surface area contributed by atoms with Crippen molar-refractivity contribution in [2.24, 2.45) is 0 Å². The molecule has 0 aromatic heterocycles.